The number of anilines is 2. The lowest BCUT2D eigenvalue weighted by Gasteiger charge is -2.25. The molecule has 148 valence electrons. The van der Waals surface area contributed by atoms with Crippen LogP contribution in [0.4, 0.5) is 11.6 Å². The Morgan fingerprint density at radius 2 is 2.07 bits per heavy atom. The van der Waals surface area contributed by atoms with Crippen LogP contribution in [-0.2, 0) is 4.79 Å². The van der Waals surface area contributed by atoms with Crippen molar-refractivity contribution >= 4 is 17.5 Å². The van der Waals surface area contributed by atoms with Gasteiger partial charge in [0, 0.05) is 47.4 Å². The highest BCUT2D eigenvalue weighted by molar-refractivity contribution is 5.80. The number of carbonyl (C=O) groups excluding carboxylic acids is 1. The molecule has 1 aromatic carbocycles. The monoisotopic (exact) mass is 389 g/mol. The molecule has 29 heavy (non-hydrogen) atoms. The maximum Gasteiger partial charge on any atom is 0.227 e. The fourth-order valence-electron chi connectivity index (χ4n) is 3.79. The third kappa shape index (κ3) is 3.72. The number of oxazole rings is 1. The largest absolute Gasteiger partial charge is 0.440 e. The van der Waals surface area contributed by atoms with Crippen LogP contribution < -0.4 is 10.6 Å². The first-order chi connectivity index (χ1) is 14.2. The highest BCUT2D eigenvalue weighted by Crippen LogP contribution is 2.39. The van der Waals surface area contributed by atoms with Gasteiger partial charge >= 0.3 is 0 Å². The van der Waals surface area contributed by atoms with Crippen LogP contribution in [0.2, 0.25) is 0 Å². The maximum absolute atomic E-state index is 11.9. The van der Waals surface area contributed by atoms with E-state index in [1.807, 2.05) is 37.3 Å². The first kappa shape index (κ1) is 17.8. The Balaban J connectivity index is 1.35. The van der Waals surface area contributed by atoms with Gasteiger partial charge in [0.15, 0.2) is 11.7 Å². The normalized spacial score (nSPS) is 21.6. The molecule has 2 fully saturated rings. The van der Waals surface area contributed by atoms with Gasteiger partial charge in [0.1, 0.15) is 0 Å². The topological polar surface area (TPSA) is 92.9 Å². The van der Waals surface area contributed by atoms with Gasteiger partial charge in [-0.15, -0.1) is 0 Å². The third-order valence-electron chi connectivity index (χ3n) is 5.69. The first-order valence-corrected chi connectivity index (χ1v) is 10.1. The van der Waals surface area contributed by atoms with Gasteiger partial charge in [-0.25, -0.2) is 15.0 Å². The van der Waals surface area contributed by atoms with E-state index < -0.39 is 0 Å². The van der Waals surface area contributed by atoms with Gasteiger partial charge in [-0.3, -0.25) is 4.79 Å². The van der Waals surface area contributed by atoms with Crippen molar-refractivity contribution in [1.82, 2.24) is 20.3 Å². The molecule has 0 radical (unpaired) electrons. The summed E-state index contributed by atoms with van der Waals surface area (Å²) in [5, 5.41) is 6.17. The fraction of sp³-hybridized carbons (Fsp3) is 0.364. The van der Waals surface area contributed by atoms with Crippen LogP contribution in [-0.4, -0.2) is 27.4 Å². The average molecular weight is 389 g/mol. The van der Waals surface area contributed by atoms with Crippen LogP contribution in [0.3, 0.4) is 0 Å². The summed E-state index contributed by atoms with van der Waals surface area (Å²) in [6.45, 7) is 2.58. The zero-order chi connectivity index (χ0) is 19.8. The molecule has 2 N–H and O–H groups in total. The SMILES string of the molecule is CC1C(=O)NCCC1c1ncc(-c2cccc(Nc3nccc(C4CC4)n3)c2)o1. The summed E-state index contributed by atoms with van der Waals surface area (Å²) >= 11 is 0. The van der Waals surface area contributed by atoms with E-state index in [2.05, 4.69) is 25.6 Å². The molecule has 5 rings (SSSR count). The quantitative estimate of drug-likeness (QED) is 0.685. The number of benzene rings is 1. The second kappa shape index (κ2) is 7.31. The summed E-state index contributed by atoms with van der Waals surface area (Å²) in [7, 11) is 0. The predicted molar refractivity (Wildman–Crippen MR) is 109 cm³/mol. The van der Waals surface area contributed by atoms with Gasteiger partial charge in [-0.05, 0) is 37.5 Å². The highest BCUT2D eigenvalue weighted by atomic mass is 16.4. The molecule has 1 aliphatic carbocycles. The van der Waals surface area contributed by atoms with Crippen LogP contribution >= 0.6 is 0 Å². The molecule has 2 aromatic heterocycles. The van der Waals surface area contributed by atoms with E-state index in [1.54, 1.807) is 12.4 Å². The van der Waals surface area contributed by atoms with Gasteiger partial charge in [0.25, 0.3) is 0 Å². The second-order valence-corrected chi connectivity index (χ2v) is 7.82. The van der Waals surface area contributed by atoms with Crippen molar-refractivity contribution in [3.63, 3.8) is 0 Å². The van der Waals surface area contributed by atoms with Crippen molar-refractivity contribution in [2.45, 2.75) is 38.0 Å². The predicted octanol–water partition coefficient (Wildman–Crippen LogP) is 3.99. The minimum Gasteiger partial charge on any atom is -0.440 e. The Labute approximate surface area is 169 Å². The standard InChI is InChI=1S/C22H23N5O2/c1-13-17(7-9-23-20(13)28)21-25-12-19(29-21)15-3-2-4-16(11-15)26-22-24-10-8-18(27-22)14-5-6-14/h2-4,8,10-14,17H,5-7,9H2,1H3,(H,23,28)(H,24,26,27). The molecular weight excluding hydrogens is 366 g/mol. The van der Waals surface area contributed by atoms with Crippen LogP contribution in [0.1, 0.15) is 49.6 Å². The summed E-state index contributed by atoms with van der Waals surface area (Å²) < 4.78 is 6.04. The van der Waals surface area contributed by atoms with E-state index in [0.717, 1.165) is 23.4 Å². The van der Waals surface area contributed by atoms with Gasteiger partial charge in [0.2, 0.25) is 11.9 Å². The Kier molecular flexibility index (Phi) is 4.50. The number of carbonyl (C=O) groups is 1. The number of nitrogens with zero attached hydrogens (tertiary/aromatic N) is 3. The van der Waals surface area contributed by atoms with E-state index in [-0.39, 0.29) is 17.7 Å². The second-order valence-electron chi connectivity index (χ2n) is 7.82. The molecule has 2 unspecified atom stereocenters. The third-order valence-corrected chi connectivity index (χ3v) is 5.69. The molecule has 1 saturated carbocycles. The molecule has 2 atom stereocenters. The number of amides is 1. The molecule has 0 bridgehead atoms. The molecular formula is C22H23N5O2. The Hall–Kier alpha value is -3.22. The summed E-state index contributed by atoms with van der Waals surface area (Å²) in [5.41, 5.74) is 2.91. The van der Waals surface area contributed by atoms with Crippen molar-refractivity contribution in [2.75, 3.05) is 11.9 Å². The zero-order valence-corrected chi connectivity index (χ0v) is 16.3. The highest BCUT2D eigenvalue weighted by Gasteiger charge is 2.32. The lowest BCUT2D eigenvalue weighted by atomic mass is 9.87. The fourth-order valence-corrected chi connectivity index (χ4v) is 3.79. The summed E-state index contributed by atoms with van der Waals surface area (Å²) in [4.78, 5) is 25.4. The number of rotatable bonds is 5. The Morgan fingerprint density at radius 3 is 2.93 bits per heavy atom. The molecule has 0 spiro atoms. The minimum absolute atomic E-state index is 0.0115. The first-order valence-electron chi connectivity index (χ1n) is 10.1. The van der Waals surface area contributed by atoms with Gasteiger partial charge in [-0.2, -0.15) is 0 Å². The van der Waals surface area contributed by atoms with Crippen molar-refractivity contribution in [3.8, 4) is 11.3 Å². The number of aromatic nitrogens is 3. The minimum atomic E-state index is -0.140. The van der Waals surface area contributed by atoms with Crippen molar-refractivity contribution in [3.05, 3.63) is 54.3 Å². The van der Waals surface area contributed by atoms with Crippen LogP contribution in [0, 0.1) is 5.92 Å². The molecule has 1 amide bonds. The summed E-state index contributed by atoms with van der Waals surface area (Å²) in [6, 6.07) is 9.90. The van der Waals surface area contributed by atoms with Gasteiger partial charge in [0.05, 0.1) is 6.20 Å². The summed E-state index contributed by atoms with van der Waals surface area (Å²) in [5.74, 6) is 2.43. The van der Waals surface area contributed by atoms with E-state index in [0.29, 0.717) is 30.1 Å². The lowest BCUT2D eigenvalue weighted by molar-refractivity contribution is -0.126. The molecule has 7 heteroatoms. The number of hydrogen-bond donors (Lipinski definition) is 2. The molecule has 2 aliphatic rings. The van der Waals surface area contributed by atoms with Crippen LogP contribution in [0.15, 0.2) is 47.1 Å². The van der Waals surface area contributed by atoms with E-state index in [1.165, 1.54) is 12.8 Å². The Morgan fingerprint density at radius 1 is 1.17 bits per heavy atom. The number of nitrogens with one attached hydrogen (secondary N) is 2. The van der Waals surface area contributed by atoms with Crippen molar-refractivity contribution < 1.29 is 9.21 Å². The van der Waals surface area contributed by atoms with Gasteiger partial charge < -0.3 is 15.1 Å². The summed E-state index contributed by atoms with van der Waals surface area (Å²) in [6.07, 6.45) is 6.79. The van der Waals surface area contributed by atoms with Crippen LogP contribution in [0.5, 0.6) is 0 Å². The van der Waals surface area contributed by atoms with Crippen molar-refractivity contribution in [1.29, 1.82) is 0 Å². The lowest BCUT2D eigenvalue weighted by Crippen LogP contribution is -2.39. The molecule has 3 heterocycles. The maximum atomic E-state index is 11.9. The molecule has 7 nitrogen and oxygen atoms in total. The zero-order valence-electron chi connectivity index (χ0n) is 16.3. The van der Waals surface area contributed by atoms with Crippen molar-refractivity contribution in [2.24, 2.45) is 5.92 Å². The van der Waals surface area contributed by atoms with E-state index >= 15 is 0 Å². The van der Waals surface area contributed by atoms with E-state index in [4.69, 9.17) is 4.42 Å². The number of hydrogen-bond acceptors (Lipinski definition) is 6. The average Bonchev–Trinajstić information content (AvgIpc) is 3.48. The van der Waals surface area contributed by atoms with Crippen LogP contribution in [0.25, 0.3) is 11.3 Å². The van der Waals surface area contributed by atoms with Gasteiger partial charge in [-0.1, -0.05) is 19.1 Å². The molecule has 3 aromatic rings. The Bertz CT molecular complexity index is 1040. The smallest absolute Gasteiger partial charge is 0.227 e. The molecule has 1 saturated heterocycles. The van der Waals surface area contributed by atoms with E-state index in [9.17, 15) is 4.79 Å². The number of piperidine rings is 1. The molecule has 1 aliphatic heterocycles.